The summed E-state index contributed by atoms with van der Waals surface area (Å²) in [6.07, 6.45) is 0.739. The van der Waals surface area contributed by atoms with Crippen LogP contribution in [0.3, 0.4) is 0 Å². The van der Waals surface area contributed by atoms with Crippen LogP contribution in [0.2, 0.25) is 25.7 Å². The standard InChI is InChI=1S/C28H37FN6O7S2Si/c1-33-14-13-21(32-33)27-30-31-28(35(27)26-23(41-2)9-8-10-24(26)42-3)34(15-16-45(5,6)7)44(39,40)18-22(36)20-12-11-19(29)17-25(20)43(4,37)38/h8-14,17,22,36H,15-16,18H2,1-7H3/t22-/m0/s1. The second-order valence-electron chi connectivity index (χ2n) is 11.7. The first kappa shape index (κ1) is 34.1. The fourth-order valence-corrected chi connectivity index (χ4v) is 8.19. The van der Waals surface area contributed by atoms with E-state index in [2.05, 4.69) is 34.9 Å². The average Bonchev–Trinajstić information content (AvgIpc) is 3.57. The van der Waals surface area contributed by atoms with Gasteiger partial charge in [-0.3, -0.25) is 9.25 Å². The van der Waals surface area contributed by atoms with E-state index >= 15 is 0 Å². The number of nitrogens with zero attached hydrogens (tertiary/aromatic N) is 6. The largest absolute Gasteiger partial charge is 0.494 e. The van der Waals surface area contributed by atoms with Gasteiger partial charge in [-0.2, -0.15) is 5.10 Å². The molecular weight excluding hydrogens is 644 g/mol. The SMILES string of the molecule is COc1cccc(OC)c1-n1c(-c2ccn(C)n2)nnc1N(CC[Si](C)(C)C)S(=O)(=O)C[C@H](O)c1ccc(F)cc1S(C)(=O)=O. The molecule has 4 rings (SSSR count). The van der Waals surface area contributed by atoms with Gasteiger partial charge in [0.15, 0.2) is 15.7 Å². The van der Waals surface area contributed by atoms with Crippen LogP contribution in [-0.2, 0) is 26.9 Å². The number of methoxy groups -OCH3 is 2. The summed E-state index contributed by atoms with van der Waals surface area (Å²) < 4.78 is 82.8. The van der Waals surface area contributed by atoms with E-state index in [9.17, 15) is 26.3 Å². The topological polar surface area (TPSA) is 159 Å². The first-order chi connectivity index (χ1) is 21.0. The predicted octanol–water partition coefficient (Wildman–Crippen LogP) is 3.44. The average molecular weight is 681 g/mol. The minimum atomic E-state index is -4.46. The molecule has 0 saturated carbocycles. The van der Waals surface area contributed by atoms with Gasteiger partial charge in [-0.25, -0.2) is 25.5 Å². The summed E-state index contributed by atoms with van der Waals surface area (Å²) in [5.41, 5.74) is 0.459. The van der Waals surface area contributed by atoms with Crippen LogP contribution in [0.15, 0.2) is 53.6 Å². The van der Waals surface area contributed by atoms with E-state index in [1.807, 2.05) is 0 Å². The number of aromatic nitrogens is 5. The molecule has 2 heterocycles. The van der Waals surface area contributed by atoms with E-state index in [-0.39, 0.29) is 23.9 Å². The van der Waals surface area contributed by atoms with Crippen molar-refractivity contribution in [1.82, 2.24) is 24.5 Å². The fourth-order valence-electron chi connectivity index (χ4n) is 4.68. The molecule has 1 N–H and O–H groups in total. The molecule has 4 aromatic rings. The number of anilines is 1. The first-order valence-electron chi connectivity index (χ1n) is 13.8. The summed E-state index contributed by atoms with van der Waals surface area (Å²) in [7, 11) is -5.70. The number of halogens is 1. The van der Waals surface area contributed by atoms with Crippen molar-refractivity contribution in [3.63, 3.8) is 0 Å². The highest BCUT2D eigenvalue weighted by atomic mass is 32.2. The summed E-state index contributed by atoms with van der Waals surface area (Å²) in [5, 5.41) is 24.3. The zero-order valence-corrected chi connectivity index (χ0v) is 28.7. The van der Waals surface area contributed by atoms with Crippen molar-refractivity contribution >= 4 is 33.9 Å². The number of hydrogen-bond acceptors (Lipinski definition) is 10. The smallest absolute Gasteiger partial charge is 0.246 e. The molecule has 2 aromatic carbocycles. The van der Waals surface area contributed by atoms with Crippen molar-refractivity contribution in [2.45, 2.75) is 36.7 Å². The van der Waals surface area contributed by atoms with Gasteiger partial charge in [-0.05, 0) is 36.4 Å². The maximum absolute atomic E-state index is 14.3. The minimum absolute atomic E-state index is 0.0229. The molecule has 0 fully saturated rings. The third-order valence-electron chi connectivity index (χ3n) is 6.94. The number of ether oxygens (including phenoxy) is 2. The van der Waals surface area contributed by atoms with E-state index in [1.54, 1.807) is 42.2 Å². The second-order valence-corrected chi connectivity index (χ2v) is 21.2. The minimum Gasteiger partial charge on any atom is -0.494 e. The summed E-state index contributed by atoms with van der Waals surface area (Å²) in [5.74, 6) is -1.03. The molecular formula is C28H37FN6O7S2Si. The quantitative estimate of drug-likeness (QED) is 0.207. The third-order valence-corrected chi connectivity index (χ3v) is 11.6. The Morgan fingerprint density at radius 1 is 1.02 bits per heavy atom. The summed E-state index contributed by atoms with van der Waals surface area (Å²) in [6, 6.07) is 10.1. The Bertz CT molecular complexity index is 1880. The highest BCUT2D eigenvalue weighted by Gasteiger charge is 2.35. The third kappa shape index (κ3) is 7.54. The van der Waals surface area contributed by atoms with Crippen LogP contribution < -0.4 is 13.8 Å². The normalized spacial score (nSPS) is 13.1. The van der Waals surface area contributed by atoms with Gasteiger partial charge in [-0.15, -0.1) is 10.2 Å². The highest BCUT2D eigenvalue weighted by Crippen LogP contribution is 2.39. The molecule has 0 aliphatic rings. The van der Waals surface area contributed by atoms with Gasteiger partial charge in [0.25, 0.3) is 0 Å². The van der Waals surface area contributed by atoms with Gasteiger partial charge < -0.3 is 14.6 Å². The number of benzene rings is 2. The number of aryl methyl sites for hydroxylation is 1. The van der Waals surface area contributed by atoms with Crippen molar-refractivity contribution < 1.29 is 35.8 Å². The second kappa shape index (κ2) is 12.9. The van der Waals surface area contributed by atoms with E-state index in [1.165, 1.54) is 18.8 Å². The number of para-hydroxylation sites is 1. The van der Waals surface area contributed by atoms with Gasteiger partial charge in [0, 0.05) is 39.7 Å². The molecule has 0 saturated heterocycles. The van der Waals surface area contributed by atoms with Crippen molar-refractivity contribution in [3.8, 4) is 28.7 Å². The Kier molecular flexibility index (Phi) is 9.77. The zero-order valence-electron chi connectivity index (χ0n) is 26.1. The van der Waals surface area contributed by atoms with Crippen molar-refractivity contribution in [3.05, 3.63) is 60.0 Å². The number of aliphatic hydroxyl groups excluding tert-OH is 1. The van der Waals surface area contributed by atoms with Gasteiger partial charge >= 0.3 is 0 Å². The molecule has 0 bridgehead atoms. The molecule has 1 atom stereocenters. The molecule has 0 spiro atoms. The van der Waals surface area contributed by atoms with Crippen molar-refractivity contribution in [2.75, 3.05) is 37.1 Å². The zero-order chi connectivity index (χ0) is 33.3. The van der Waals surface area contributed by atoms with Crippen molar-refractivity contribution in [1.29, 1.82) is 0 Å². The predicted molar refractivity (Wildman–Crippen MR) is 170 cm³/mol. The Morgan fingerprint density at radius 3 is 2.20 bits per heavy atom. The van der Waals surface area contributed by atoms with Crippen LogP contribution in [-0.4, -0.2) is 87.3 Å². The Balaban J connectivity index is 1.95. The van der Waals surface area contributed by atoms with E-state index in [0.717, 1.165) is 28.8 Å². The number of sulfone groups is 1. The lowest BCUT2D eigenvalue weighted by Crippen LogP contribution is -2.40. The summed E-state index contributed by atoms with van der Waals surface area (Å²) in [4.78, 5) is -0.502. The maximum atomic E-state index is 14.3. The van der Waals surface area contributed by atoms with Crippen LogP contribution in [0, 0.1) is 5.82 Å². The van der Waals surface area contributed by atoms with Crippen LogP contribution in [0.5, 0.6) is 11.5 Å². The molecule has 0 aliphatic carbocycles. The number of sulfonamides is 1. The van der Waals surface area contributed by atoms with E-state index in [0.29, 0.717) is 28.9 Å². The number of aliphatic hydroxyl groups is 1. The van der Waals surface area contributed by atoms with Crippen LogP contribution in [0.1, 0.15) is 11.7 Å². The van der Waals surface area contributed by atoms with Gasteiger partial charge in [0.1, 0.15) is 28.7 Å². The van der Waals surface area contributed by atoms with Gasteiger partial charge in [0.05, 0.1) is 31.0 Å². The molecule has 45 heavy (non-hydrogen) atoms. The first-order valence-corrected chi connectivity index (χ1v) is 21.0. The van der Waals surface area contributed by atoms with E-state index in [4.69, 9.17) is 9.47 Å². The van der Waals surface area contributed by atoms with E-state index < -0.39 is 50.5 Å². The van der Waals surface area contributed by atoms with Crippen LogP contribution in [0.4, 0.5) is 10.3 Å². The Hall–Kier alpha value is -3.80. The molecule has 244 valence electrons. The van der Waals surface area contributed by atoms with Crippen LogP contribution in [0.25, 0.3) is 17.2 Å². The molecule has 0 aliphatic heterocycles. The highest BCUT2D eigenvalue weighted by molar-refractivity contribution is 7.92. The molecule has 0 amide bonds. The number of hydrogen-bond donors (Lipinski definition) is 1. The lowest BCUT2D eigenvalue weighted by atomic mass is 10.1. The fraction of sp³-hybridized carbons (Fsp3) is 0.393. The van der Waals surface area contributed by atoms with Gasteiger partial charge in [-0.1, -0.05) is 31.8 Å². The Morgan fingerprint density at radius 2 is 1.67 bits per heavy atom. The molecule has 0 radical (unpaired) electrons. The lowest BCUT2D eigenvalue weighted by molar-refractivity contribution is 0.198. The van der Waals surface area contributed by atoms with Crippen LogP contribution >= 0.6 is 0 Å². The maximum Gasteiger partial charge on any atom is 0.246 e. The summed E-state index contributed by atoms with van der Waals surface area (Å²) >= 11 is 0. The molecule has 13 nitrogen and oxygen atoms in total. The molecule has 2 aromatic heterocycles. The van der Waals surface area contributed by atoms with Gasteiger partial charge in [0.2, 0.25) is 16.0 Å². The van der Waals surface area contributed by atoms with Crippen molar-refractivity contribution in [2.24, 2.45) is 7.05 Å². The number of rotatable bonds is 13. The Labute approximate surface area is 263 Å². The lowest BCUT2D eigenvalue weighted by Gasteiger charge is -2.28. The molecule has 0 unspecified atom stereocenters. The monoisotopic (exact) mass is 680 g/mol. The summed E-state index contributed by atoms with van der Waals surface area (Å²) in [6.45, 7) is 6.22. The molecule has 17 heteroatoms.